The first-order valence-corrected chi connectivity index (χ1v) is 9.52. The fraction of sp³-hybridized carbons (Fsp3) is 0.174. The smallest absolute Gasteiger partial charge is 0.0933 e. The highest BCUT2D eigenvalue weighted by atomic mass is 35.5. The fourth-order valence-corrected chi connectivity index (χ4v) is 3.78. The Labute approximate surface area is 162 Å². The molecular weight excluding hydrogens is 356 g/mol. The molecule has 1 N–H and O–H groups in total. The average Bonchev–Trinajstić information content (AvgIpc) is 3.40. The number of pyridine rings is 1. The third-order valence-corrected chi connectivity index (χ3v) is 5.82. The fourth-order valence-electron chi connectivity index (χ4n) is 3.65. The molecule has 1 aliphatic carbocycles. The van der Waals surface area contributed by atoms with Gasteiger partial charge in [0.1, 0.15) is 0 Å². The summed E-state index contributed by atoms with van der Waals surface area (Å²) in [7, 11) is 0. The van der Waals surface area contributed by atoms with Gasteiger partial charge in [-0.15, -0.1) is 0 Å². The normalized spacial score (nSPS) is 15.2. The molecule has 0 saturated heterocycles. The number of aromatic nitrogens is 2. The van der Waals surface area contributed by atoms with Crippen molar-refractivity contribution in [2.45, 2.75) is 18.3 Å². The molecule has 2 aromatic heterocycles. The van der Waals surface area contributed by atoms with Gasteiger partial charge in [0.05, 0.1) is 17.8 Å². The van der Waals surface area contributed by atoms with Crippen LogP contribution in [0.25, 0.3) is 27.9 Å². The van der Waals surface area contributed by atoms with Crippen LogP contribution in [0.1, 0.15) is 18.4 Å². The molecular formula is C23H19ClN2O. The molecule has 0 spiro atoms. The van der Waals surface area contributed by atoms with Crippen LogP contribution < -0.4 is 0 Å². The Kier molecular flexibility index (Phi) is 3.81. The summed E-state index contributed by atoms with van der Waals surface area (Å²) in [6.07, 6.45) is 4.13. The number of halogens is 1. The van der Waals surface area contributed by atoms with Gasteiger partial charge in [0, 0.05) is 22.2 Å². The maximum absolute atomic E-state index is 9.72. The van der Waals surface area contributed by atoms with Crippen molar-refractivity contribution in [3.8, 4) is 22.4 Å². The summed E-state index contributed by atoms with van der Waals surface area (Å²) in [6, 6.07) is 22.6. The Hall–Kier alpha value is -2.62. The molecule has 0 bridgehead atoms. The van der Waals surface area contributed by atoms with Gasteiger partial charge in [-0.2, -0.15) is 5.10 Å². The van der Waals surface area contributed by atoms with Crippen molar-refractivity contribution in [2.75, 3.05) is 6.61 Å². The van der Waals surface area contributed by atoms with Gasteiger partial charge in [0.15, 0.2) is 0 Å². The Balaban J connectivity index is 1.53. The van der Waals surface area contributed by atoms with E-state index in [0.29, 0.717) is 0 Å². The predicted octanol–water partition coefficient (Wildman–Crippen LogP) is 5.35. The third-order valence-electron chi connectivity index (χ3n) is 5.57. The molecule has 0 atom stereocenters. The standard InChI is InChI=1S/C23H19ClN2O/c24-20-6-4-16(5-7-20)22-14-21-13-18(8-11-26(21)25-22)17-2-1-3-19(12-17)23(15-27)9-10-23/h1-8,11-14,27H,9-10,15H2. The number of aliphatic hydroxyl groups is 1. The largest absolute Gasteiger partial charge is 0.395 e. The van der Waals surface area contributed by atoms with Crippen molar-refractivity contribution < 1.29 is 5.11 Å². The summed E-state index contributed by atoms with van der Waals surface area (Å²) in [4.78, 5) is 0. The molecule has 1 fully saturated rings. The first-order valence-electron chi connectivity index (χ1n) is 9.14. The topological polar surface area (TPSA) is 37.5 Å². The number of aliphatic hydroxyl groups excluding tert-OH is 1. The minimum Gasteiger partial charge on any atom is -0.395 e. The van der Waals surface area contributed by atoms with E-state index in [0.717, 1.165) is 40.2 Å². The molecule has 2 heterocycles. The number of hydrogen-bond donors (Lipinski definition) is 1. The second-order valence-electron chi connectivity index (χ2n) is 7.34. The van der Waals surface area contributed by atoms with E-state index in [-0.39, 0.29) is 12.0 Å². The molecule has 2 aromatic carbocycles. The lowest BCUT2D eigenvalue weighted by Gasteiger charge is -2.13. The Morgan fingerprint density at radius 3 is 2.44 bits per heavy atom. The Bertz CT molecular complexity index is 1130. The quantitative estimate of drug-likeness (QED) is 0.523. The molecule has 0 radical (unpaired) electrons. The number of benzene rings is 2. The molecule has 0 unspecified atom stereocenters. The molecule has 4 aromatic rings. The lowest BCUT2D eigenvalue weighted by atomic mass is 9.93. The highest BCUT2D eigenvalue weighted by molar-refractivity contribution is 6.30. The van der Waals surface area contributed by atoms with Crippen LogP contribution in [-0.2, 0) is 5.41 Å². The molecule has 5 rings (SSSR count). The van der Waals surface area contributed by atoms with Gasteiger partial charge in [-0.3, -0.25) is 0 Å². The van der Waals surface area contributed by atoms with E-state index in [9.17, 15) is 5.11 Å². The van der Waals surface area contributed by atoms with Crippen LogP contribution in [0.5, 0.6) is 0 Å². The molecule has 3 nitrogen and oxygen atoms in total. The monoisotopic (exact) mass is 374 g/mol. The number of rotatable bonds is 4. The van der Waals surface area contributed by atoms with E-state index >= 15 is 0 Å². The molecule has 1 aliphatic rings. The highest BCUT2D eigenvalue weighted by Gasteiger charge is 2.43. The van der Waals surface area contributed by atoms with Crippen molar-refractivity contribution in [3.63, 3.8) is 0 Å². The number of fused-ring (bicyclic) bond motifs is 1. The van der Waals surface area contributed by atoms with Crippen LogP contribution in [0, 0.1) is 0 Å². The summed E-state index contributed by atoms with van der Waals surface area (Å²) < 4.78 is 1.90. The van der Waals surface area contributed by atoms with Crippen molar-refractivity contribution in [1.29, 1.82) is 0 Å². The zero-order valence-electron chi connectivity index (χ0n) is 14.8. The van der Waals surface area contributed by atoms with E-state index in [4.69, 9.17) is 11.6 Å². The van der Waals surface area contributed by atoms with Crippen molar-refractivity contribution in [1.82, 2.24) is 9.61 Å². The van der Waals surface area contributed by atoms with Crippen LogP contribution in [-0.4, -0.2) is 21.3 Å². The van der Waals surface area contributed by atoms with Crippen molar-refractivity contribution in [3.05, 3.63) is 83.5 Å². The second kappa shape index (κ2) is 6.22. The highest BCUT2D eigenvalue weighted by Crippen LogP contribution is 2.48. The zero-order chi connectivity index (χ0) is 18.4. The number of nitrogens with zero attached hydrogens (tertiary/aromatic N) is 2. The summed E-state index contributed by atoms with van der Waals surface area (Å²) in [5.41, 5.74) is 6.56. The van der Waals surface area contributed by atoms with Crippen LogP contribution in [0.4, 0.5) is 0 Å². The second-order valence-corrected chi connectivity index (χ2v) is 7.78. The molecule has 134 valence electrons. The predicted molar refractivity (Wildman–Crippen MR) is 109 cm³/mol. The minimum atomic E-state index is -0.0154. The van der Waals surface area contributed by atoms with Gasteiger partial charge in [0.2, 0.25) is 0 Å². The van der Waals surface area contributed by atoms with Gasteiger partial charge in [-0.25, -0.2) is 4.52 Å². The van der Waals surface area contributed by atoms with E-state index < -0.39 is 0 Å². The van der Waals surface area contributed by atoms with Crippen molar-refractivity contribution >= 4 is 17.1 Å². The minimum absolute atomic E-state index is 0.0154. The van der Waals surface area contributed by atoms with Gasteiger partial charge < -0.3 is 5.11 Å². The van der Waals surface area contributed by atoms with Crippen LogP contribution in [0.2, 0.25) is 5.02 Å². The summed E-state index contributed by atoms with van der Waals surface area (Å²) in [6.45, 7) is 0.225. The van der Waals surface area contributed by atoms with E-state index in [1.54, 1.807) is 0 Å². The zero-order valence-corrected chi connectivity index (χ0v) is 15.5. The third kappa shape index (κ3) is 2.93. The lowest BCUT2D eigenvalue weighted by Crippen LogP contribution is -2.11. The lowest BCUT2D eigenvalue weighted by molar-refractivity contribution is 0.255. The van der Waals surface area contributed by atoms with Crippen LogP contribution >= 0.6 is 11.6 Å². The Morgan fingerprint density at radius 2 is 1.70 bits per heavy atom. The SMILES string of the molecule is OCC1(c2cccc(-c3ccn4nc(-c5ccc(Cl)cc5)cc4c3)c2)CC1. The molecule has 0 amide bonds. The summed E-state index contributed by atoms with van der Waals surface area (Å²) >= 11 is 5.98. The first-order chi connectivity index (χ1) is 13.2. The Morgan fingerprint density at radius 1 is 0.926 bits per heavy atom. The van der Waals surface area contributed by atoms with E-state index in [2.05, 4.69) is 47.6 Å². The van der Waals surface area contributed by atoms with E-state index in [1.165, 1.54) is 11.1 Å². The molecule has 27 heavy (non-hydrogen) atoms. The van der Waals surface area contributed by atoms with Gasteiger partial charge in [-0.05, 0) is 59.9 Å². The first kappa shape index (κ1) is 16.5. The summed E-state index contributed by atoms with van der Waals surface area (Å²) in [5.74, 6) is 0. The van der Waals surface area contributed by atoms with Crippen LogP contribution in [0.15, 0.2) is 72.9 Å². The summed E-state index contributed by atoms with van der Waals surface area (Å²) in [5, 5.41) is 15.1. The number of hydrogen-bond acceptors (Lipinski definition) is 2. The maximum atomic E-state index is 9.72. The molecule has 1 saturated carbocycles. The van der Waals surface area contributed by atoms with Gasteiger partial charge >= 0.3 is 0 Å². The molecule has 4 heteroatoms. The van der Waals surface area contributed by atoms with Crippen molar-refractivity contribution in [2.24, 2.45) is 0 Å². The maximum Gasteiger partial charge on any atom is 0.0933 e. The van der Waals surface area contributed by atoms with Gasteiger partial charge in [0.25, 0.3) is 0 Å². The average molecular weight is 375 g/mol. The molecule has 0 aliphatic heterocycles. The van der Waals surface area contributed by atoms with Crippen LogP contribution in [0.3, 0.4) is 0 Å². The van der Waals surface area contributed by atoms with Gasteiger partial charge in [-0.1, -0.05) is 48.0 Å². The van der Waals surface area contributed by atoms with E-state index in [1.807, 2.05) is 35.0 Å².